The molecule has 6 nitrogen and oxygen atoms in total. The van der Waals surface area contributed by atoms with Crippen LogP contribution in [-0.2, 0) is 0 Å². The Balaban J connectivity index is 2.27. The minimum Gasteiger partial charge on any atom is -0.349 e. The van der Waals surface area contributed by atoms with Crippen LogP contribution in [0.2, 0.25) is 0 Å². The average molecular weight is 299 g/mol. The van der Waals surface area contributed by atoms with Crippen molar-refractivity contribution in [2.75, 3.05) is 6.54 Å². The van der Waals surface area contributed by atoms with Crippen molar-refractivity contribution in [3.63, 3.8) is 0 Å². The molecule has 0 radical (unpaired) electrons. The van der Waals surface area contributed by atoms with Gasteiger partial charge in [0.05, 0.1) is 4.92 Å². The number of benzene rings is 1. The van der Waals surface area contributed by atoms with Crippen molar-refractivity contribution in [2.45, 2.75) is 25.3 Å². The Morgan fingerprint density at radius 3 is 2.76 bits per heavy atom. The number of nitrogens with zero attached hydrogens (tertiary/aromatic N) is 1. The minimum absolute atomic E-state index is 0.0544. The highest BCUT2D eigenvalue weighted by atomic mass is 19.1. The number of nitrogens with two attached hydrogens (primary N) is 1. The lowest BCUT2D eigenvalue weighted by Crippen LogP contribution is -2.40. The topological polar surface area (TPSA) is 98.3 Å². The van der Waals surface area contributed by atoms with Crippen molar-refractivity contribution in [3.8, 4) is 0 Å². The van der Waals surface area contributed by atoms with Crippen LogP contribution in [-0.4, -0.2) is 23.4 Å². The molecule has 1 aliphatic rings. The van der Waals surface area contributed by atoms with Crippen molar-refractivity contribution < 1.29 is 18.5 Å². The van der Waals surface area contributed by atoms with Gasteiger partial charge in [-0.3, -0.25) is 14.9 Å². The molecule has 21 heavy (non-hydrogen) atoms. The van der Waals surface area contributed by atoms with Crippen LogP contribution in [0.1, 0.15) is 29.6 Å². The van der Waals surface area contributed by atoms with Gasteiger partial charge >= 0.3 is 5.69 Å². The van der Waals surface area contributed by atoms with Gasteiger partial charge in [-0.2, -0.15) is 4.39 Å². The van der Waals surface area contributed by atoms with Gasteiger partial charge in [-0.15, -0.1) is 0 Å². The van der Waals surface area contributed by atoms with Crippen LogP contribution < -0.4 is 11.1 Å². The van der Waals surface area contributed by atoms with E-state index in [-0.39, 0.29) is 12.0 Å². The predicted molar refractivity (Wildman–Crippen MR) is 70.7 cm³/mol. The fourth-order valence-electron chi connectivity index (χ4n) is 2.64. The second-order valence-electron chi connectivity index (χ2n) is 5.02. The molecular formula is C13H15F2N3O3. The van der Waals surface area contributed by atoms with Gasteiger partial charge < -0.3 is 11.1 Å². The molecule has 1 fully saturated rings. The van der Waals surface area contributed by atoms with E-state index in [1.165, 1.54) is 0 Å². The third-order valence-electron chi connectivity index (χ3n) is 3.77. The minimum atomic E-state index is -1.46. The summed E-state index contributed by atoms with van der Waals surface area (Å²) in [5.41, 5.74) is 3.72. The van der Waals surface area contributed by atoms with E-state index in [0.29, 0.717) is 25.1 Å². The summed E-state index contributed by atoms with van der Waals surface area (Å²) in [4.78, 5) is 21.7. The van der Waals surface area contributed by atoms with E-state index < -0.39 is 33.7 Å². The van der Waals surface area contributed by atoms with Crippen molar-refractivity contribution >= 4 is 11.6 Å². The largest absolute Gasteiger partial charge is 0.349 e. The maximum Gasteiger partial charge on any atom is 0.305 e. The molecule has 114 valence electrons. The number of hydrogen-bond donors (Lipinski definition) is 2. The van der Waals surface area contributed by atoms with Crippen LogP contribution >= 0.6 is 0 Å². The van der Waals surface area contributed by atoms with Crippen molar-refractivity contribution in [1.29, 1.82) is 0 Å². The first-order valence-corrected chi connectivity index (χ1v) is 6.59. The zero-order valence-electron chi connectivity index (χ0n) is 11.1. The summed E-state index contributed by atoms with van der Waals surface area (Å²) in [5.74, 6) is -3.52. The molecule has 2 unspecified atom stereocenters. The molecule has 0 saturated heterocycles. The number of amides is 1. The van der Waals surface area contributed by atoms with E-state index in [2.05, 4.69) is 5.32 Å². The highest BCUT2D eigenvalue weighted by molar-refractivity contribution is 5.95. The summed E-state index contributed by atoms with van der Waals surface area (Å²) in [5, 5.41) is 13.2. The molecule has 0 spiro atoms. The van der Waals surface area contributed by atoms with Gasteiger partial charge in [0.1, 0.15) is 11.4 Å². The van der Waals surface area contributed by atoms with E-state index in [0.717, 1.165) is 12.8 Å². The van der Waals surface area contributed by atoms with Gasteiger partial charge in [-0.25, -0.2) is 4.39 Å². The Bertz CT molecular complexity index is 580. The maximum absolute atomic E-state index is 13.9. The Labute approximate surface area is 119 Å². The standard InChI is InChI=1S/C13H15F2N3O3/c14-8-4-5-10(18(20)21)12(15)11(8)13(19)17-9-3-1-2-7(9)6-16/h4-5,7,9H,1-3,6,16H2,(H,17,19). The summed E-state index contributed by atoms with van der Waals surface area (Å²) in [7, 11) is 0. The number of carbonyl (C=O) groups is 1. The number of nitrogens with one attached hydrogen (secondary N) is 1. The van der Waals surface area contributed by atoms with Crippen LogP contribution in [0, 0.1) is 27.7 Å². The Morgan fingerprint density at radius 1 is 1.43 bits per heavy atom. The van der Waals surface area contributed by atoms with Gasteiger partial charge in [-0.1, -0.05) is 6.42 Å². The second kappa shape index (κ2) is 6.13. The predicted octanol–water partition coefficient (Wildman–Crippen LogP) is 1.73. The lowest BCUT2D eigenvalue weighted by atomic mass is 10.0. The molecule has 2 rings (SSSR count). The number of hydrogen-bond acceptors (Lipinski definition) is 4. The fourth-order valence-corrected chi connectivity index (χ4v) is 2.64. The summed E-state index contributed by atoms with van der Waals surface area (Å²) in [6, 6.07) is 1.14. The molecular weight excluding hydrogens is 284 g/mol. The third-order valence-corrected chi connectivity index (χ3v) is 3.77. The number of nitro groups is 1. The second-order valence-corrected chi connectivity index (χ2v) is 5.02. The Morgan fingerprint density at radius 2 is 2.14 bits per heavy atom. The van der Waals surface area contributed by atoms with Gasteiger partial charge in [0.25, 0.3) is 5.91 Å². The van der Waals surface area contributed by atoms with Gasteiger partial charge in [-0.05, 0) is 31.4 Å². The SMILES string of the molecule is NCC1CCCC1NC(=O)c1c(F)ccc([N+](=O)[O-])c1F. The highest BCUT2D eigenvalue weighted by Gasteiger charge is 2.31. The van der Waals surface area contributed by atoms with Crippen molar-refractivity contribution in [3.05, 3.63) is 39.4 Å². The van der Waals surface area contributed by atoms with Gasteiger partial charge in [0, 0.05) is 12.1 Å². The molecule has 1 saturated carbocycles. The summed E-state index contributed by atoms with van der Waals surface area (Å²) < 4.78 is 27.6. The Kier molecular flexibility index (Phi) is 4.46. The average Bonchev–Trinajstić information content (AvgIpc) is 2.85. The first kappa shape index (κ1) is 15.3. The third kappa shape index (κ3) is 2.99. The van der Waals surface area contributed by atoms with Gasteiger partial charge in [0.2, 0.25) is 5.82 Å². The number of rotatable bonds is 4. The van der Waals surface area contributed by atoms with Crippen molar-refractivity contribution in [2.24, 2.45) is 11.7 Å². The number of nitro benzene ring substituents is 1. The molecule has 2 atom stereocenters. The molecule has 0 aromatic heterocycles. The molecule has 3 N–H and O–H groups in total. The summed E-state index contributed by atoms with van der Waals surface area (Å²) in [6.07, 6.45) is 2.37. The zero-order chi connectivity index (χ0) is 15.6. The molecule has 0 heterocycles. The highest BCUT2D eigenvalue weighted by Crippen LogP contribution is 2.27. The lowest BCUT2D eigenvalue weighted by Gasteiger charge is -2.19. The molecule has 0 aliphatic heterocycles. The Hall–Kier alpha value is -2.09. The molecule has 1 aliphatic carbocycles. The van der Waals surface area contributed by atoms with Gasteiger partial charge in [0.15, 0.2) is 0 Å². The monoisotopic (exact) mass is 299 g/mol. The van der Waals surface area contributed by atoms with E-state index in [9.17, 15) is 23.7 Å². The molecule has 0 bridgehead atoms. The summed E-state index contributed by atoms with van der Waals surface area (Å²) in [6.45, 7) is 0.366. The smallest absolute Gasteiger partial charge is 0.305 e. The molecule has 8 heteroatoms. The summed E-state index contributed by atoms with van der Waals surface area (Å²) >= 11 is 0. The fraction of sp³-hybridized carbons (Fsp3) is 0.462. The van der Waals surface area contributed by atoms with E-state index in [1.54, 1.807) is 0 Å². The molecule has 1 aromatic carbocycles. The van der Waals surface area contributed by atoms with Crippen LogP contribution in [0.5, 0.6) is 0 Å². The lowest BCUT2D eigenvalue weighted by molar-refractivity contribution is -0.387. The molecule has 1 amide bonds. The zero-order valence-corrected chi connectivity index (χ0v) is 11.1. The first-order chi connectivity index (χ1) is 9.95. The van der Waals surface area contributed by atoms with Crippen LogP contribution in [0.15, 0.2) is 12.1 Å². The molecule has 1 aromatic rings. The quantitative estimate of drug-likeness (QED) is 0.653. The normalized spacial score (nSPS) is 21.3. The van der Waals surface area contributed by atoms with E-state index in [4.69, 9.17) is 5.73 Å². The number of carbonyl (C=O) groups excluding carboxylic acids is 1. The van der Waals surface area contributed by atoms with E-state index >= 15 is 0 Å². The van der Waals surface area contributed by atoms with Crippen LogP contribution in [0.25, 0.3) is 0 Å². The van der Waals surface area contributed by atoms with E-state index in [1.807, 2.05) is 0 Å². The number of halogens is 2. The first-order valence-electron chi connectivity index (χ1n) is 6.59. The maximum atomic E-state index is 13.9. The van der Waals surface area contributed by atoms with Crippen molar-refractivity contribution in [1.82, 2.24) is 5.32 Å². The van der Waals surface area contributed by atoms with Crippen LogP contribution in [0.3, 0.4) is 0 Å². The van der Waals surface area contributed by atoms with Crippen LogP contribution in [0.4, 0.5) is 14.5 Å².